The molecule has 1 fully saturated rings. The van der Waals surface area contributed by atoms with Crippen molar-refractivity contribution in [1.29, 1.82) is 0 Å². The van der Waals surface area contributed by atoms with E-state index in [0.29, 0.717) is 0 Å². The van der Waals surface area contributed by atoms with Crippen LogP contribution in [-0.2, 0) is 4.79 Å². The van der Waals surface area contributed by atoms with Crippen molar-refractivity contribution in [3.63, 3.8) is 0 Å². The van der Waals surface area contributed by atoms with E-state index in [2.05, 4.69) is 0 Å². The van der Waals surface area contributed by atoms with E-state index in [-0.39, 0.29) is 11.0 Å². The van der Waals surface area contributed by atoms with Gasteiger partial charge in [-0.25, -0.2) is 0 Å². The maximum atomic E-state index is 11.0. The molecular weight excluding hydrogens is 365 g/mol. The first kappa shape index (κ1) is 17.0. The van der Waals surface area contributed by atoms with Gasteiger partial charge in [-0.15, -0.1) is 0 Å². The highest BCUT2D eigenvalue weighted by Gasteiger charge is 2.62. The van der Waals surface area contributed by atoms with Crippen LogP contribution in [0.1, 0.15) is 13.8 Å². The topological polar surface area (TPSA) is 37.3 Å². The molecule has 0 aromatic rings. The Morgan fingerprint density at radius 3 is 1.94 bits per heavy atom. The Hall–Kier alpha value is 0.950. The third kappa shape index (κ3) is 2.99. The fourth-order valence-corrected chi connectivity index (χ4v) is 2.71. The van der Waals surface area contributed by atoms with Crippen molar-refractivity contribution in [1.82, 2.24) is 0 Å². The van der Waals surface area contributed by atoms with Crippen LogP contribution in [0.25, 0.3) is 0 Å². The number of hydrogen-bond acceptors (Lipinski definition) is 1. The maximum Gasteiger partial charge on any atom is 0.307 e. The zero-order valence-electron chi connectivity index (χ0n) is 9.36. The third-order valence-corrected chi connectivity index (χ3v) is 6.17. The lowest BCUT2D eigenvalue weighted by molar-refractivity contribution is -0.139. The summed E-state index contributed by atoms with van der Waals surface area (Å²) in [5.74, 6) is -1.76. The van der Waals surface area contributed by atoms with Gasteiger partial charge in [0.2, 0.25) is 3.79 Å². The van der Waals surface area contributed by atoms with Crippen LogP contribution < -0.4 is 0 Å². The zero-order valence-corrected chi connectivity index (χ0v) is 13.9. The summed E-state index contributed by atoms with van der Waals surface area (Å²) in [6.45, 7) is 3.60. The van der Waals surface area contributed by atoms with E-state index in [1.54, 1.807) is 13.8 Å². The molecule has 8 heteroatoms. The second-order valence-corrected chi connectivity index (χ2v) is 8.77. The smallest absolute Gasteiger partial charge is 0.307 e. The van der Waals surface area contributed by atoms with Gasteiger partial charge in [-0.1, -0.05) is 89.5 Å². The highest BCUT2D eigenvalue weighted by molar-refractivity contribution is 6.77. The molecule has 2 nitrogen and oxygen atoms in total. The van der Waals surface area contributed by atoms with Crippen molar-refractivity contribution < 1.29 is 9.90 Å². The van der Waals surface area contributed by atoms with Crippen LogP contribution in [0.4, 0.5) is 0 Å². The Morgan fingerprint density at radius 1 is 1.22 bits per heavy atom. The molecule has 18 heavy (non-hydrogen) atoms. The van der Waals surface area contributed by atoms with Gasteiger partial charge in [0.1, 0.15) is 0 Å². The van der Waals surface area contributed by atoms with E-state index in [0.717, 1.165) is 0 Å². The number of halogens is 6. The number of carboxylic acid groups (broad SMARTS) is 1. The number of rotatable bonds is 3. The normalized spacial score (nSPS) is 28.1. The van der Waals surface area contributed by atoms with Crippen LogP contribution in [0, 0.1) is 17.3 Å². The summed E-state index contributed by atoms with van der Waals surface area (Å²) in [5, 5.41) is 8.93. The van der Waals surface area contributed by atoms with Crippen molar-refractivity contribution in [3.05, 3.63) is 11.1 Å². The zero-order chi connectivity index (χ0) is 14.5. The molecule has 0 unspecified atom stereocenters. The van der Waals surface area contributed by atoms with Gasteiger partial charge in [0, 0.05) is 0 Å². The van der Waals surface area contributed by atoms with Gasteiger partial charge in [-0.3, -0.25) is 4.79 Å². The lowest BCUT2D eigenvalue weighted by Gasteiger charge is -2.26. The van der Waals surface area contributed by atoms with Gasteiger partial charge in [0.25, 0.3) is 0 Å². The number of alkyl halides is 5. The average Bonchev–Trinajstić information content (AvgIpc) is 2.65. The number of allylic oxidation sites excluding steroid dienone is 2. The second kappa shape index (κ2) is 5.05. The minimum atomic E-state index is -2.01. The Balaban J connectivity index is 2.97. The minimum absolute atomic E-state index is 0.0901. The summed E-state index contributed by atoms with van der Waals surface area (Å²) in [4.78, 5) is 11.0. The largest absolute Gasteiger partial charge is 0.481 e. The lowest BCUT2D eigenvalue weighted by Crippen LogP contribution is -2.31. The van der Waals surface area contributed by atoms with Crippen LogP contribution in [0.5, 0.6) is 0 Å². The van der Waals surface area contributed by atoms with Crippen molar-refractivity contribution in [2.45, 2.75) is 22.0 Å². The predicted molar refractivity (Wildman–Crippen MR) is 77.1 cm³/mol. The molecule has 1 saturated carbocycles. The molecule has 0 heterocycles. The van der Waals surface area contributed by atoms with E-state index in [9.17, 15) is 4.79 Å². The summed E-state index contributed by atoms with van der Waals surface area (Å²) >= 11 is 34.6. The third-order valence-electron chi connectivity index (χ3n) is 3.16. The number of carboxylic acids is 1. The first-order valence-corrected chi connectivity index (χ1v) is 7.15. The Morgan fingerprint density at radius 2 is 1.67 bits per heavy atom. The predicted octanol–water partition coefficient (Wildman–Crippen LogP) is 5.01. The van der Waals surface area contributed by atoms with Crippen LogP contribution >= 0.6 is 69.6 Å². The van der Waals surface area contributed by atoms with Crippen molar-refractivity contribution in [2.24, 2.45) is 17.3 Å². The van der Waals surface area contributed by atoms with E-state index in [4.69, 9.17) is 74.7 Å². The monoisotopic (exact) mass is 372 g/mol. The SMILES string of the molecule is CC1(C)[C@@H](C=C(Cl)C(Cl)(Cl)C(Cl)(Cl)Cl)[C@@H]1C(=O)O. The molecule has 0 radical (unpaired) electrons. The molecule has 1 aliphatic rings. The molecule has 0 spiro atoms. The molecule has 1 rings (SSSR count). The fourth-order valence-electron chi connectivity index (χ4n) is 1.86. The number of hydrogen-bond donors (Lipinski definition) is 1. The van der Waals surface area contributed by atoms with Gasteiger partial charge >= 0.3 is 5.97 Å². The molecule has 1 aliphatic carbocycles. The molecule has 104 valence electrons. The van der Waals surface area contributed by atoms with E-state index in [1.165, 1.54) is 6.08 Å². The van der Waals surface area contributed by atoms with E-state index >= 15 is 0 Å². The van der Waals surface area contributed by atoms with Crippen LogP contribution in [0.2, 0.25) is 0 Å². The summed E-state index contributed by atoms with van der Waals surface area (Å²) in [6.07, 6.45) is 1.45. The highest BCUT2D eigenvalue weighted by Crippen LogP contribution is 2.61. The fraction of sp³-hybridized carbons (Fsp3) is 0.700. The highest BCUT2D eigenvalue weighted by atomic mass is 35.6. The van der Waals surface area contributed by atoms with E-state index < -0.39 is 25.4 Å². The van der Waals surface area contributed by atoms with Crippen molar-refractivity contribution in [2.75, 3.05) is 0 Å². The quantitative estimate of drug-likeness (QED) is 0.705. The molecule has 0 saturated heterocycles. The number of aliphatic carboxylic acids is 1. The van der Waals surface area contributed by atoms with Crippen LogP contribution in [-0.4, -0.2) is 19.2 Å². The average molecular weight is 375 g/mol. The molecule has 0 aliphatic heterocycles. The summed E-state index contributed by atoms with van der Waals surface area (Å²) in [7, 11) is 0. The van der Waals surface area contributed by atoms with E-state index in [1.807, 2.05) is 0 Å². The van der Waals surface area contributed by atoms with Crippen molar-refractivity contribution in [3.8, 4) is 0 Å². The molecular formula is C10H10Cl6O2. The first-order valence-electron chi connectivity index (χ1n) is 4.88. The second-order valence-electron chi connectivity index (χ2n) is 4.75. The maximum absolute atomic E-state index is 11.0. The lowest BCUT2D eigenvalue weighted by atomic mass is 10.1. The Bertz CT molecular complexity index is 396. The summed E-state index contributed by atoms with van der Waals surface area (Å²) in [6, 6.07) is 0. The summed E-state index contributed by atoms with van der Waals surface area (Å²) in [5.41, 5.74) is -0.427. The minimum Gasteiger partial charge on any atom is -0.481 e. The first-order chi connectivity index (χ1) is 7.83. The molecule has 2 atom stereocenters. The van der Waals surface area contributed by atoms with Gasteiger partial charge in [0.15, 0.2) is 4.33 Å². The molecule has 1 N–H and O–H groups in total. The Labute approximate surface area is 135 Å². The standard InChI is InChI=1S/C10H10Cl6O2/c1-8(2)4(6(8)7(17)18)3-5(11)9(12,13)10(14,15)16/h3-4,6H,1-2H3,(H,17,18)/t4-,6+/m0/s1. The molecule has 0 bridgehead atoms. The van der Waals surface area contributed by atoms with Crippen LogP contribution in [0.15, 0.2) is 11.1 Å². The molecule has 0 aromatic carbocycles. The van der Waals surface area contributed by atoms with Gasteiger partial charge in [-0.05, 0) is 11.3 Å². The molecule has 0 amide bonds. The van der Waals surface area contributed by atoms with Crippen LogP contribution in [0.3, 0.4) is 0 Å². The van der Waals surface area contributed by atoms with Gasteiger partial charge in [-0.2, -0.15) is 0 Å². The Kier molecular flexibility index (Phi) is 4.77. The van der Waals surface area contributed by atoms with Gasteiger partial charge in [0.05, 0.1) is 11.0 Å². The molecule has 0 aromatic heterocycles. The summed E-state index contributed by atoms with van der Waals surface area (Å²) < 4.78 is -3.93. The van der Waals surface area contributed by atoms with Gasteiger partial charge < -0.3 is 5.11 Å². The number of carbonyl (C=O) groups is 1. The van der Waals surface area contributed by atoms with Crippen molar-refractivity contribution >= 4 is 75.6 Å².